The Morgan fingerprint density at radius 2 is 1.79 bits per heavy atom. The summed E-state index contributed by atoms with van der Waals surface area (Å²) in [4.78, 5) is 24.2. The third-order valence-electron chi connectivity index (χ3n) is 3.59. The van der Waals surface area contributed by atoms with E-state index in [0.717, 1.165) is 24.8 Å². The van der Waals surface area contributed by atoms with Gasteiger partial charge in [0, 0.05) is 19.3 Å². The Balaban J connectivity index is 2.64. The molecule has 1 atom stereocenters. The number of carbonyl (C=O) groups is 2. The first-order valence-electron chi connectivity index (χ1n) is 7.65. The molecule has 0 N–H and O–H groups in total. The minimum absolute atomic E-state index is 0.186. The molecular weight excluding hydrogens is 236 g/mol. The van der Waals surface area contributed by atoms with E-state index in [2.05, 4.69) is 33.8 Å². The van der Waals surface area contributed by atoms with Crippen molar-refractivity contribution in [2.75, 3.05) is 0 Å². The fourth-order valence-electron chi connectivity index (χ4n) is 2.80. The standard InChI is InChI=1S/C17H28O2/c1-12(2)9-15(18)11-14-7-5-6-8-16(14)17(19)10-13(3)4/h8,12-14H,5-7,9-11H2,1-4H3. The van der Waals surface area contributed by atoms with Crippen LogP contribution in [0.1, 0.15) is 66.2 Å². The molecule has 108 valence electrons. The van der Waals surface area contributed by atoms with E-state index in [-0.39, 0.29) is 11.7 Å². The second kappa shape index (κ2) is 7.62. The lowest BCUT2D eigenvalue weighted by molar-refractivity contribution is -0.120. The van der Waals surface area contributed by atoms with E-state index in [0.29, 0.717) is 36.9 Å². The van der Waals surface area contributed by atoms with Crippen LogP contribution < -0.4 is 0 Å². The maximum Gasteiger partial charge on any atom is 0.159 e. The maximum absolute atomic E-state index is 12.2. The average molecular weight is 264 g/mol. The van der Waals surface area contributed by atoms with Crippen LogP contribution in [0.2, 0.25) is 0 Å². The van der Waals surface area contributed by atoms with Gasteiger partial charge in [0.25, 0.3) is 0 Å². The SMILES string of the molecule is CC(C)CC(=O)CC1CCCC=C1C(=O)CC(C)C. The molecule has 1 rings (SSSR count). The molecule has 0 amide bonds. The molecule has 0 bridgehead atoms. The van der Waals surface area contributed by atoms with Crippen LogP contribution in [0.5, 0.6) is 0 Å². The molecule has 0 aromatic rings. The number of Topliss-reactive ketones (excluding diaryl/α,β-unsaturated/α-hetero) is 2. The Labute approximate surface area is 117 Å². The summed E-state index contributed by atoms with van der Waals surface area (Å²) in [5, 5.41) is 0. The fraction of sp³-hybridized carbons (Fsp3) is 0.765. The van der Waals surface area contributed by atoms with Crippen LogP contribution in [-0.4, -0.2) is 11.6 Å². The lowest BCUT2D eigenvalue weighted by Gasteiger charge is -2.23. The van der Waals surface area contributed by atoms with Crippen LogP contribution in [0, 0.1) is 17.8 Å². The monoisotopic (exact) mass is 264 g/mol. The Morgan fingerprint density at radius 3 is 2.37 bits per heavy atom. The van der Waals surface area contributed by atoms with Crippen molar-refractivity contribution in [1.82, 2.24) is 0 Å². The number of hydrogen-bond acceptors (Lipinski definition) is 2. The Kier molecular flexibility index (Phi) is 6.47. The van der Waals surface area contributed by atoms with Gasteiger partial charge in [-0.1, -0.05) is 33.8 Å². The van der Waals surface area contributed by atoms with Crippen LogP contribution in [0.4, 0.5) is 0 Å². The molecule has 0 saturated carbocycles. The minimum Gasteiger partial charge on any atom is -0.300 e. The summed E-state index contributed by atoms with van der Waals surface area (Å²) >= 11 is 0. The number of rotatable bonds is 7. The molecule has 1 unspecified atom stereocenters. The Morgan fingerprint density at radius 1 is 1.16 bits per heavy atom. The molecule has 2 nitrogen and oxygen atoms in total. The van der Waals surface area contributed by atoms with Crippen molar-refractivity contribution in [1.29, 1.82) is 0 Å². The highest BCUT2D eigenvalue weighted by Gasteiger charge is 2.25. The second-order valence-corrected chi connectivity index (χ2v) is 6.65. The molecule has 0 saturated heterocycles. The highest BCUT2D eigenvalue weighted by Crippen LogP contribution is 2.30. The van der Waals surface area contributed by atoms with Crippen LogP contribution >= 0.6 is 0 Å². The zero-order valence-corrected chi connectivity index (χ0v) is 12.9. The van der Waals surface area contributed by atoms with Crippen molar-refractivity contribution in [3.63, 3.8) is 0 Å². The summed E-state index contributed by atoms with van der Waals surface area (Å²) in [5.74, 6) is 1.56. The van der Waals surface area contributed by atoms with Gasteiger partial charge in [-0.25, -0.2) is 0 Å². The van der Waals surface area contributed by atoms with E-state index in [1.165, 1.54) is 0 Å². The predicted molar refractivity (Wildman–Crippen MR) is 79.0 cm³/mol. The van der Waals surface area contributed by atoms with Crippen LogP contribution in [0.15, 0.2) is 11.6 Å². The van der Waals surface area contributed by atoms with E-state index in [4.69, 9.17) is 0 Å². The van der Waals surface area contributed by atoms with E-state index >= 15 is 0 Å². The number of allylic oxidation sites excluding steroid dienone is 2. The van der Waals surface area contributed by atoms with Crippen LogP contribution in [-0.2, 0) is 9.59 Å². The van der Waals surface area contributed by atoms with Gasteiger partial charge in [0.1, 0.15) is 5.78 Å². The topological polar surface area (TPSA) is 34.1 Å². The van der Waals surface area contributed by atoms with Crippen LogP contribution in [0.25, 0.3) is 0 Å². The van der Waals surface area contributed by atoms with Gasteiger partial charge in [0.05, 0.1) is 0 Å². The van der Waals surface area contributed by atoms with E-state index in [9.17, 15) is 9.59 Å². The number of carbonyl (C=O) groups excluding carboxylic acids is 2. The van der Waals surface area contributed by atoms with Gasteiger partial charge in [0.15, 0.2) is 5.78 Å². The molecule has 1 aliphatic rings. The molecule has 0 spiro atoms. The van der Waals surface area contributed by atoms with Gasteiger partial charge in [-0.3, -0.25) is 9.59 Å². The van der Waals surface area contributed by atoms with Gasteiger partial charge < -0.3 is 0 Å². The largest absolute Gasteiger partial charge is 0.300 e. The zero-order valence-electron chi connectivity index (χ0n) is 12.9. The quantitative estimate of drug-likeness (QED) is 0.685. The van der Waals surface area contributed by atoms with Crippen molar-refractivity contribution in [2.45, 2.75) is 66.2 Å². The smallest absolute Gasteiger partial charge is 0.159 e. The molecule has 0 aromatic carbocycles. The highest BCUT2D eigenvalue weighted by molar-refractivity contribution is 5.96. The fourth-order valence-corrected chi connectivity index (χ4v) is 2.80. The first-order valence-corrected chi connectivity index (χ1v) is 7.65. The van der Waals surface area contributed by atoms with E-state index < -0.39 is 0 Å². The molecule has 1 aliphatic carbocycles. The second-order valence-electron chi connectivity index (χ2n) is 6.65. The third-order valence-corrected chi connectivity index (χ3v) is 3.59. The molecule has 0 heterocycles. The molecule has 2 heteroatoms. The molecule has 19 heavy (non-hydrogen) atoms. The molecular formula is C17H28O2. The summed E-state index contributed by atoms with van der Waals surface area (Å²) in [6.45, 7) is 8.28. The normalized spacial score (nSPS) is 19.7. The predicted octanol–water partition coefficient (Wildman–Crippen LogP) is 4.33. The Bertz CT molecular complexity index is 350. The van der Waals surface area contributed by atoms with Gasteiger partial charge in [0.2, 0.25) is 0 Å². The highest BCUT2D eigenvalue weighted by atomic mass is 16.1. The van der Waals surface area contributed by atoms with Crippen molar-refractivity contribution < 1.29 is 9.59 Å². The average Bonchev–Trinajstić information content (AvgIpc) is 2.27. The number of ketones is 2. The van der Waals surface area contributed by atoms with Gasteiger partial charge in [-0.2, -0.15) is 0 Å². The van der Waals surface area contributed by atoms with Crippen molar-refractivity contribution >= 4 is 11.6 Å². The van der Waals surface area contributed by atoms with Gasteiger partial charge in [-0.15, -0.1) is 0 Å². The lowest BCUT2D eigenvalue weighted by atomic mass is 9.80. The van der Waals surface area contributed by atoms with Crippen LogP contribution in [0.3, 0.4) is 0 Å². The maximum atomic E-state index is 12.2. The third kappa shape index (κ3) is 5.71. The molecule has 0 radical (unpaired) electrons. The summed E-state index contributed by atoms with van der Waals surface area (Å²) in [5.41, 5.74) is 0.942. The van der Waals surface area contributed by atoms with Crippen molar-refractivity contribution in [3.05, 3.63) is 11.6 Å². The molecule has 0 aliphatic heterocycles. The first kappa shape index (κ1) is 16.1. The molecule has 0 fully saturated rings. The van der Waals surface area contributed by atoms with Gasteiger partial charge >= 0.3 is 0 Å². The summed E-state index contributed by atoms with van der Waals surface area (Å²) in [6.07, 6.45) is 7.00. The minimum atomic E-state index is 0.186. The summed E-state index contributed by atoms with van der Waals surface area (Å²) in [6, 6.07) is 0. The van der Waals surface area contributed by atoms with Crippen molar-refractivity contribution in [3.8, 4) is 0 Å². The van der Waals surface area contributed by atoms with E-state index in [1.807, 2.05) is 0 Å². The van der Waals surface area contributed by atoms with Crippen molar-refractivity contribution in [2.24, 2.45) is 17.8 Å². The van der Waals surface area contributed by atoms with Gasteiger partial charge in [-0.05, 0) is 42.6 Å². The Hall–Kier alpha value is -0.920. The number of hydrogen-bond donors (Lipinski definition) is 0. The van der Waals surface area contributed by atoms with E-state index in [1.54, 1.807) is 0 Å². The zero-order chi connectivity index (χ0) is 14.4. The lowest BCUT2D eigenvalue weighted by Crippen LogP contribution is -2.21. The summed E-state index contributed by atoms with van der Waals surface area (Å²) < 4.78 is 0. The summed E-state index contributed by atoms with van der Waals surface area (Å²) in [7, 11) is 0. The molecule has 0 aromatic heterocycles. The first-order chi connectivity index (χ1) is 8.90.